The fourth-order valence-electron chi connectivity index (χ4n) is 3.41. The smallest absolute Gasteiger partial charge is 0.332 e. The molecule has 1 heterocycles. The van der Waals surface area contributed by atoms with Crippen LogP contribution in [0.25, 0.3) is 11.1 Å². The number of hydrazone groups is 1. The first-order valence-electron chi connectivity index (χ1n) is 8.16. The van der Waals surface area contributed by atoms with Crippen molar-refractivity contribution in [2.75, 3.05) is 13.3 Å². The SMILES string of the molecule is CSc1ccc(-c2ccccc2C2N(C)N=C(C(F)F)C2(N)C(=O)O)cc1. The zero-order valence-electron chi connectivity index (χ0n) is 14.8. The van der Waals surface area contributed by atoms with Crippen LogP contribution in [0.15, 0.2) is 58.5 Å². The van der Waals surface area contributed by atoms with Gasteiger partial charge in [0.15, 0.2) is 5.54 Å². The first-order chi connectivity index (χ1) is 12.8. The molecule has 1 aliphatic rings. The van der Waals surface area contributed by atoms with Gasteiger partial charge in [-0.2, -0.15) is 5.10 Å². The second kappa shape index (κ2) is 7.28. The fourth-order valence-corrected chi connectivity index (χ4v) is 3.82. The molecule has 8 heteroatoms. The Kier molecular flexibility index (Phi) is 5.21. The first kappa shape index (κ1) is 19.3. The summed E-state index contributed by atoms with van der Waals surface area (Å²) in [6.45, 7) is 0. The number of aliphatic carboxylic acids is 1. The minimum atomic E-state index is -3.06. The number of nitrogens with two attached hydrogens (primary N) is 1. The van der Waals surface area contributed by atoms with Crippen molar-refractivity contribution >= 4 is 23.4 Å². The van der Waals surface area contributed by atoms with E-state index >= 15 is 0 Å². The number of rotatable bonds is 5. The van der Waals surface area contributed by atoms with E-state index in [9.17, 15) is 18.7 Å². The Balaban J connectivity index is 2.15. The Bertz CT molecular complexity index is 889. The van der Waals surface area contributed by atoms with Crippen LogP contribution < -0.4 is 5.73 Å². The number of alkyl halides is 2. The highest BCUT2D eigenvalue weighted by molar-refractivity contribution is 7.98. The number of likely N-dealkylation sites (N-methyl/N-ethyl adjacent to an activating group) is 1. The maximum Gasteiger partial charge on any atom is 0.332 e. The van der Waals surface area contributed by atoms with Crippen molar-refractivity contribution in [1.82, 2.24) is 5.01 Å². The summed E-state index contributed by atoms with van der Waals surface area (Å²) in [5, 5.41) is 14.7. The van der Waals surface area contributed by atoms with E-state index in [1.165, 1.54) is 12.1 Å². The predicted octanol–water partition coefficient (Wildman–Crippen LogP) is 3.47. The van der Waals surface area contributed by atoms with Gasteiger partial charge in [-0.15, -0.1) is 11.8 Å². The van der Waals surface area contributed by atoms with Gasteiger partial charge in [-0.05, 0) is 35.1 Å². The van der Waals surface area contributed by atoms with Crippen LogP contribution >= 0.6 is 11.8 Å². The lowest BCUT2D eigenvalue weighted by Gasteiger charge is -2.32. The van der Waals surface area contributed by atoms with E-state index in [2.05, 4.69) is 5.10 Å². The van der Waals surface area contributed by atoms with Crippen LogP contribution in [0.3, 0.4) is 0 Å². The number of hydrogen-bond donors (Lipinski definition) is 2. The van der Waals surface area contributed by atoms with Crippen molar-refractivity contribution in [3.8, 4) is 11.1 Å². The average molecular weight is 391 g/mol. The molecular weight excluding hydrogens is 372 g/mol. The van der Waals surface area contributed by atoms with Gasteiger partial charge in [-0.3, -0.25) is 5.01 Å². The molecule has 142 valence electrons. The summed E-state index contributed by atoms with van der Waals surface area (Å²) in [5.74, 6) is -1.54. The molecule has 27 heavy (non-hydrogen) atoms. The summed E-state index contributed by atoms with van der Waals surface area (Å²) in [7, 11) is 1.46. The van der Waals surface area contributed by atoms with Crippen molar-refractivity contribution in [3.63, 3.8) is 0 Å². The molecule has 0 spiro atoms. The molecule has 2 atom stereocenters. The molecule has 0 saturated carbocycles. The number of benzene rings is 2. The van der Waals surface area contributed by atoms with E-state index in [-0.39, 0.29) is 0 Å². The number of halogens is 2. The Morgan fingerprint density at radius 2 is 1.89 bits per heavy atom. The summed E-state index contributed by atoms with van der Waals surface area (Å²) in [4.78, 5) is 13.0. The molecular formula is C19H19F2N3O2S. The highest BCUT2D eigenvalue weighted by Gasteiger charge is 2.57. The monoisotopic (exact) mass is 391 g/mol. The minimum absolute atomic E-state index is 0.529. The van der Waals surface area contributed by atoms with Crippen LogP contribution in [0.2, 0.25) is 0 Å². The molecule has 2 aromatic rings. The summed E-state index contributed by atoms with van der Waals surface area (Å²) in [6.07, 6.45) is -1.10. The van der Waals surface area contributed by atoms with Gasteiger partial charge in [0, 0.05) is 11.9 Å². The van der Waals surface area contributed by atoms with E-state index in [0.29, 0.717) is 5.56 Å². The number of nitrogens with zero attached hydrogens (tertiary/aromatic N) is 2. The zero-order valence-corrected chi connectivity index (χ0v) is 15.6. The molecule has 0 radical (unpaired) electrons. The molecule has 0 bridgehead atoms. The quantitative estimate of drug-likeness (QED) is 0.763. The van der Waals surface area contributed by atoms with Gasteiger partial charge in [-0.25, -0.2) is 13.6 Å². The third-order valence-electron chi connectivity index (χ3n) is 4.71. The fraction of sp³-hybridized carbons (Fsp3) is 0.263. The highest BCUT2D eigenvalue weighted by atomic mass is 32.2. The number of carboxylic acids is 1. The summed E-state index contributed by atoms with van der Waals surface area (Å²) < 4.78 is 26.9. The molecule has 0 amide bonds. The highest BCUT2D eigenvalue weighted by Crippen LogP contribution is 2.42. The average Bonchev–Trinajstić information content (AvgIpc) is 2.94. The molecule has 3 rings (SSSR count). The van der Waals surface area contributed by atoms with Crippen molar-refractivity contribution in [2.45, 2.75) is 22.9 Å². The third kappa shape index (κ3) is 3.19. The molecule has 0 aromatic heterocycles. The van der Waals surface area contributed by atoms with Crippen LogP contribution in [0, 0.1) is 0 Å². The molecule has 2 unspecified atom stereocenters. The van der Waals surface area contributed by atoms with E-state index < -0.39 is 29.7 Å². The first-order valence-corrected chi connectivity index (χ1v) is 9.38. The Hall–Kier alpha value is -2.45. The summed E-state index contributed by atoms with van der Waals surface area (Å²) in [6, 6.07) is 13.7. The van der Waals surface area contributed by atoms with E-state index in [4.69, 9.17) is 5.73 Å². The lowest BCUT2D eigenvalue weighted by molar-refractivity contribution is -0.142. The molecule has 1 aliphatic heterocycles. The number of hydrogen-bond acceptors (Lipinski definition) is 5. The lowest BCUT2D eigenvalue weighted by Crippen LogP contribution is -2.60. The second-order valence-electron chi connectivity index (χ2n) is 6.25. The van der Waals surface area contributed by atoms with E-state index in [1.54, 1.807) is 23.9 Å². The van der Waals surface area contributed by atoms with Gasteiger partial charge < -0.3 is 10.8 Å². The second-order valence-corrected chi connectivity index (χ2v) is 7.13. The van der Waals surface area contributed by atoms with Gasteiger partial charge in [0.1, 0.15) is 11.8 Å². The van der Waals surface area contributed by atoms with Gasteiger partial charge in [0.2, 0.25) is 0 Å². The molecule has 3 N–H and O–H groups in total. The van der Waals surface area contributed by atoms with Gasteiger partial charge in [-0.1, -0.05) is 36.4 Å². The van der Waals surface area contributed by atoms with Gasteiger partial charge >= 0.3 is 5.97 Å². The molecule has 0 saturated heterocycles. The number of carbonyl (C=O) groups is 1. The Morgan fingerprint density at radius 1 is 1.26 bits per heavy atom. The molecule has 0 aliphatic carbocycles. The van der Waals surface area contributed by atoms with Gasteiger partial charge in [0.05, 0.1) is 0 Å². The van der Waals surface area contributed by atoms with Crippen molar-refractivity contribution in [1.29, 1.82) is 0 Å². The summed E-state index contributed by atoms with van der Waals surface area (Å²) in [5.41, 5.74) is 4.99. The standard InChI is InChI=1S/C19H19F2N3O2S/c1-24-16(19(22,18(25)26)15(23-24)17(20)21)14-6-4-3-5-13(14)11-7-9-12(27-2)10-8-11/h3-10,16-17H,22H2,1-2H3,(H,25,26). The van der Waals surface area contributed by atoms with Gasteiger partial charge in [0.25, 0.3) is 6.43 Å². The minimum Gasteiger partial charge on any atom is -0.480 e. The molecule has 0 fully saturated rings. The lowest BCUT2D eigenvalue weighted by atomic mass is 9.80. The van der Waals surface area contributed by atoms with E-state index in [0.717, 1.165) is 16.0 Å². The maximum atomic E-state index is 13.5. The molecule has 5 nitrogen and oxygen atoms in total. The predicted molar refractivity (Wildman–Crippen MR) is 102 cm³/mol. The Labute approximate surface area is 159 Å². The summed E-state index contributed by atoms with van der Waals surface area (Å²) >= 11 is 1.60. The zero-order chi connectivity index (χ0) is 19.8. The van der Waals surface area contributed by atoms with Crippen molar-refractivity contribution < 1.29 is 18.7 Å². The Morgan fingerprint density at radius 3 is 2.44 bits per heavy atom. The van der Waals surface area contributed by atoms with Crippen LogP contribution in [0.1, 0.15) is 11.6 Å². The molecule has 2 aromatic carbocycles. The largest absolute Gasteiger partial charge is 0.480 e. The van der Waals surface area contributed by atoms with Crippen LogP contribution in [-0.4, -0.2) is 47.1 Å². The van der Waals surface area contributed by atoms with E-state index in [1.807, 2.05) is 42.7 Å². The van der Waals surface area contributed by atoms with Crippen LogP contribution in [0.4, 0.5) is 8.78 Å². The normalized spacial score (nSPS) is 22.2. The third-order valence-corrected chi connectivity index (χ3v) is 5.45. The maximum absolute atomic E-state index is 13.5. The topological polar surface area (TPSA) is 78.9 Å². The number of thioether (sulfide) groups is 1. The van der Waals surface area contributed by atoms with Crippen LogP contribution in [0.5, 0.6) is 0 Å². The van der Waals surface area contributed by atoms with Crippen LogP contribution in [-0.2, 0) is 4.79 Å². The van der Waals surface area contributed by atoms with Crippen molar-refractivity contribution in [3.05, 3.63) is 54.1 Å². The van der Waals surface area contributed by atoms with Crippen molar-refractivity contribution in [2.24, 2.45) is 10.8 Å². The number of carboxylic acid groups (broad SMARTS) is 1.